The van der Waals surface area contributed by atoms with Gasteiger partial charge in [0.25, 0.3) is 0 Å². The second-order valence-corrected chi connectivity index (χ2v) is 15.8. The third-order valence-corrected chi connectivity index (χ3v) is 12.2. The Balaban J connectivity index is 0.000000217. The summed E-state index contributed by atoms with van der Waals surface area (Å²) in [6.07, 6.45) is 8.82. The number of halogens is 1. The second kappa shape index (κ2) is 17.2. The molecule has 3 aromatic carbocycles. The van der Waals surface area contributed by atoms with Gasteiger partial charge in [-0.2, -0.15) is 5.26 Å². The van der Waals surface area contributed by atoms with E-state index in [1.807, 2.05) is 12.1 Å². The number of rotatable bonds is 7. The maximum atomic E-state index is 12.3. The van der Waals surface area contributed by atoms with E-state index in [-0.39, 0.29) is 17.6 Å². The Kier molecular flexibility index (Phi) is 11.9. The fourth-order valence-electron chi connectivity index (χ4n) is 8.80. The number of anilines is 4. The second-order valence-electron chi connectivity index (χ2n) is 15.4. The smallest absolute Gasteiger partial charge is 0.328 e. The maximum Gasteiger partial charge on any atom is 0.328 e. The topological polar surface area (TPSA) is 138 Å². The third kappa shape index (κ3) is 8.61. The Morgan fingerprint density at radius 3 is 2.29 bits per heavy atom. The number of amides is 3. The van der Waals surface area contributed by atoms with Crippen LogP contribution in [-0.2, 0) is 11.8 Å². The zero-order valence-corrected chi connectivity index (χ0v) is 32.5. The van der Waals surface area contributed by atoms with E-state index in [2.05, 4.69) is 80.2 Å². The summed E-state index contributed by atoms with van der Waals surface area (Å²) < 4.78 is 2.31. The van der Waals surface area contributed by atoms with Crippen molar-refractivity contribution in [3.8, 4) is 6.07 Å². The van der Waals surface area contributed by atoms with E-state index in [1.165, 1.54) is 68.5 Å². The van der Waals surface area contributed by atoms with E-state index in [0.29, 0.717) is 35.2 Å². The Hall–Kier alpha value is -5.05. The number of nitrogens with one attached hydrogen (secondary N) is 2. The molecule has 288 valence electrons. The number of nitrogens with two attached hydrogens (primary N) is 1. The van der Waals surface area contributed by atoms with Crippen LogP contribution in [0.1, 0.15) is 68.5 Å². The number of aryl methyl sites for hydroxylation is 1. The molecule has 4 aliphatic rings. The predicted octanol–water partition coefficient (Wildman–Crippen LogP) is 7.52. The van der Waals surface area contributed by atoms with Gasteiger partial charge in [-0.3, -0.25) is 20.4 Å². The summed E-state index contributed by atoms with van der Waals surface area (Å²) in [5, 5.41) is 20.5. The summed E-state index contributed by atoms with van der Waals surface area (Å²) in [4.78, 5) is 32.9. The highest BCUT2D eigenvalue weighted by Gasteiger charge is 2.28. The first-order valence-electron chi connectivity index (χ1n) is 19.7. The fraction of sp³-hybridized carbons (Fsp3) is 0.442. The quantitative estimate of drug-likeness (QED) is 0.131. The normalized spacial score (nSPS) is 18.8. The van der Waals surface area contributed by atoms with Gasteiger partial charge in [-0.05, 0) is 106 Å². The number of nitriles is 1. The minimum Gasteiger partial charge on any atom is -0.396 e. The molecule has 0 aliphatic carbocycles. The summed E-state index contributed by atoms with van der Waals surface area (Å²) in [6.45, 7) is 8.25. The average Bonchev–Trinajstić information content (AvgIpc) is 3.54. The molecule has 0 spiro atoms. The molecule has 0 unspecified atom stereocenters. The van der Waals surface area contributed by atoms with Gasteiger partial charge in [0.1, 0.15) is 11.8 Å². The Morgan fingerprint density at radius 1 is 0.873 bits per heavy atom. The lowest BCUT2D eigenvalue weighted by atomic mass is 9.91. The molecule has 4 N–H and O–H groups in total. The minimum atomic E-state index is -0.330. The number of para-hydroxylation sites is 1. The maximum absolute atomic E-state index is 12.3. The Bertz CT molecular complexity index is 2050. The molecule has 0 radical (unpaired) electrons. The number of carbonyl (C=O) groups is 2. The van der Waals surface area contributed by atoms with Crippen LogP contribution in [0.5, 0.6) is 0 Å². The molecule has 0 bridgehead atoms. The van der Waals surface area contributed by atoms with Crippen molar-refractivity contribution in [2.75, 3.05) is 72.8 Å². The van der Waals surface area contributed by atoms with Crippen LogP contribution in [0.25, 0.3) is 10.9 Å². The predicted molar refractivity (Wildman–Crippen MR) is 223 cm³/mol. The lowest BCUT2D eigenvalue weighted by Crippen LogP contribution is -2.49. The monoisotopic (exact) mass is 761 g/mol. The zero-order valence-electron chi connectivity index (χ0n) is 31.8. The Labute approximate surface area is 329 Å². The molecule has 8 rings (SSSR count). The first-order chi connectivity index (χ1) is 26.7. The number of piperidine rings is 3. The van der Waals surface area contributed by atoms with Crippen molar-refractivity contribution < 1.29 is 9.59 Å². The molecule has 12 heteroatoms. The van der Waals surface area contributed by atoms with Gasteiger partial charge in [-0.15, -0.1) is 0 Å². The van der Waals surface area contributed by atoms with Crippen LogP contribution in [0.2, 0.25) is 5.02 Å². The highest BCUT2D eigenvalue weighted by Crippen LogP contribution is 2.36. The van der Waals surface area contributed by atoms with Crippen molar-refractivity contribution in [2.24, 2.45) is 13.0 Å². The van der Waals surface area contributed by atoms with Crippen LogP contribution in [0.15, 0.2) is 66.7 Å². The summed E-state index contributed by atoms with van der Waals surface area (Å²) in [6, 6.07) is 24.4. The minimum absolute atomic E-state index is 0.184. The number of hydrogen-bond acceptors (Lipinski definition) is 8. The van der Waals surface area contributed by atoms with E-state index >= 15 is 0 Å². The van der Waals surface area contributed by atoms with E-state index < -0.39 is 0 Å². The largest absolute Gasteiger partial charge is 0.396 e. The standard InChI is InChI=1S/C30H37N5O2.C13H15ClN4/c1-32-27(19-24-7-8-26(20-28(24)32)35-18-13-29(36)31-30(35)37)23-11-14-33(15-12-23)21-22-9-16-34(17-10-22)25-5-3-2-4-6-25;14-9-4-5-11(18-6-2-1-3-7-18)13(17)12(9)10(16)8-15/h2-8,19-20,22-23H,9-18,21H2,1H3,(H,31,36,37);4-5,16H,1-3,6-7,17H2. The highest BCUT2D eigenvalue weighted by molar-refractivity contribution is 6.36. The van der Waals surface area contributed by atoms with Gasteiger partial charge in [-0.25, -0.2) is 4.79 Å². The molecule has 4 saturated heterocycles. The van der Waals surface area contributed by atoms with E-state index in [4.69, 9.17) is 28.0 Å². The van der Waals surface area contributed by atoms with Crippen molar-refractivity contribution in [3.63, 3.8) is 0 Å². The van der Waals surface area contributed by atoms with Crippen molar-refractivity contribution in [1.29, 1.82) is 10.7 Å². The molecule has 55 heavy (non-hydrogen) atoms. The zero-order chi connectivity index (χ0) is 38.5. The van der Waals surface area contributed by atoms with E-state index in [1.54, 1.807) is 17.0 Å². The molecule has 11 nitrogen and oxygen atoms in total. The molecule has 4 aliphatic heterocycles. The number of aromatic nitrogens is 1. The lowest BCUT2D eigenvalue weighted by molar-refractivity contribution is -0.120. The number of fused-ring (bicyclic) bond motifs is 1. The molecule has 4 aromatic rings. The van der Waals surface area contributed by atoms with Gasteiger partial charge in [0.2, 0.25) is 5.91 Å². The van der Waals surface area contributed by atoms with Crippen LogP contribution in [0.3, 0.4) is 0 Å². The van der Waals surface area contributed by atoms with Crippen molar-refractivity contribution >= 4 is 62.9 Å². The van der Waals surface area contributed by atoms with Gasteiger partial charge >= 0.3 is 6.03 Å². The summed E-state index contributed by atoms with van der Waals surface area (Å²) >= 11 is 6.02. The van der Waals surface area contributed by atoms with Gasteiger partial charge in [-0.1, -0.05) is 35.9 Å². The number of benzene rings is 3. The number of nitrogens with zero attached hydrogens (tertiary/aromatic N) is 6. The number of carbonyl (C=O) groups excluding carboxylic acids is 2. The first-order valence-corrected chi connectivity index (χ1v) is 20.1. The molecular formula is C43H52ClN9O2. The molecule has 5 heterocycles. The summed E-state index contributed by atoms with van der Waals surface area (Å²) in [7, 11) is 2.15. The molecule has 3 amide bonds. The summed E-state index contributed by atoms with van der Waals surface area (Å²) in [5.41, 5.74) is 12.3. The van der Waals surface area contributed by atoms with Crippen LogP contribution in [0, 0.1) is 22.7 Å². The summed E-state index contributed by atoms with van der Waals surface area (Å²) in [5.74, 6) is 1.16. The van der Waals surface area contributed by atoms with E-state index in [9.17, 15) is 9.59 Å². The lowest BCUT2D eigenvalue weighted by Gasteiger charge is -2.38. The van der Waals surface area contributed by atoms with Crippen molar-refractivity contribution in [2.45, 2.75) is 57.3 Å². The molecule has 4 fully saturated rings. The van der Waals surface area contributed by atoms with E-state index in [0.717, 1.165) is 61.8 Å². The van der Waals surface area contributed by atoms with Gasteiger partial charge < -0.3 is 25.0 Å². The SMILES string of the molecule is Cn1c(C2CCN(CC3CCN(c4ccccc4)CC3)CC2)cc2ccc(N3CCC(=O)NC3=O)cc21.N#CC(=N)c1c(Cl)ccc(N2CCCCC2)c1N. The van der Waals surface area contributed by atoms with Crippen LogP contribution >= 0.6 is 11.6 Å². The molecule has 0 saturated carbocycles. The van der Waals surface area contributed by atoms with Crippen molar-refractivity contribution in [1.82, 2.24) is 14.8 Å². The van der Waals surface area contributed by atoms with Gasteiger partial charge in [0, 0.05) is 81.1 Å². The fourth-order valence-corrected chi connectivity index (χ4v) is 9.06. The number of hydrogen-bond donors (Lipinski definition) is 3. The third-order valence-electron chi connectivity index (χ3n) is 11.9. The van der Waals surface area contributed by atoms with Gasteiger partial charge in [0.15, 0.2) is 0 Å². The van der Waals surface area contributed by atoms with Gasteiger partial charge in [0.05, 0.1) is 27.5 Å². The van der Waals surface area contributed by atoms with Crippen molar-refractivity contribution in [3.05, 3.63) is 83.0 Å². The molecular weight excluding hydrogens is 710 g/mol. The first kappa shape index (κ1) is 38.2. The number of imide groups is 1. The van der Waals surface area contributed by atoms with Crippen LogP contribution in [-0.4, -0.2) is 79.5 Å². The average molecular weight is 762 g/mol. The highest BCUT2D eigenvalue weighted by atomic mass is 35.5. The van der Waals surface area contributed by atoms with Crippen LogP contribution in [0.4, 0.5) is 27.5 Å². The number of urea groups is 1. The van der Waals surface area contributed by atoms with Crippen LogP contribution < -0.4 is 25.8 Å². The Morgan fingerprint density at radius 2 is 1.60 bits per heavy atom. The number of nitrogen functional groups attached to an aromatic ring is 1. The molecule has 1 aromatic heterocycles. The number of likely N-dealkylation sites (tertiary alicyclic amines) is 1. The molecule has 0 atom stereocenters.